The highest BCUT2D eigenvalue weighted by Gasteiger charge is 2.27. The lowest BCUT2D eigenvalue weighted by Gasteiger charge is -2.27. The third-order valence-electron chi connectivity index (χ3n) is 3.98. The molecule has 0 bridgehead atoms. The van der Waals surface area contributed by atoms with Gasteiger partial charge in [-0.25, -0.2) is 0 Å². The third kappa shape index (κ3) is 2.26. The maximum absolute atomic E-state index is 5.73. The summed E-state index contributed by atoms with van der Waals surface area (Å²) in [7, 11) is 0. The van der Waals surface area contributed by atoms with Crippen LogP contribution in [0.3, 0.4) is 0 Å². The molecule has 0 unspecified atom stereocenters. The minimum Gasteiger partial charge on any atom is -0.373 e. The fourth-order valence-corrected chi connectivity index (χ4v) is 3.72. The number of nitrogens with zero attached hydrogens (tertiary/aromatic N) is 2. The van der Waals surface area contributed by atoms with E-state index in [1.165, 1.54) is 43.4 Å². The van der Waals surface area contributed by atoms with Crippen molar-refractivity contribution < 1.29 is 4.74 Å². The number of hydrogen-bond donors (Lipinski definition) is 0. The Morgan fingerprint density at radius 2 is 2.06 bits per heavy atom. The van der Waals surface area contributed by atoms with Crippen molar-refractivity contribution in [2.24, 2.45) is 0 Å². The van der Waals surface area contributed by atoms with Crippen molar-refractivity contribution in [2.75, 3.05) is 0 Å². The van der Waals surface area contributed by atoms with E-state index in [9.17, 15) is 0 Å². The van der Waals surface area contributed by atoms with Crippen LogP contribution in [0, 0.1) is 3.70 Å². The molecule has 1 aliphatic carbocycles. The molecular weight excluding hydrogens is 327 g/mol. The van der Waals surface area contributed by atoms with Gasteiger partial charge in [-0.05, 0) is 42.4 Å². The predicted octanol–water partition coefficient (Wildman–Crippen LogP) is 3.45. The molecule has 1 saturated carbocycles. The predicted molar refractivity (Wildman–Crippen MR) is 75.0 cm³/mol. The Bertz CT molecular complexity index is 410. The largest absolute Gasteiger partial charge is 0.373 e. The van der Waals surface area contributed by atoms with Crippen LogP contribution >= 0.6 is 22.6 Å². The lowest BCUT2D eigenvalue weighted by atomic mass is 9.95. The van der Waals surface area contributed by atoms with Gasteiger partial charge in [-0.2, -0.15) is 5.10 Å². The first-order valence-corrected chi connectivity index (χ1v) is 7.71. The van der Waals surface area contributed by atoms with Gasteiger partial charge in [0.2, 0.25) is 0 Å². The summed E-state index contributed by atoms with van der Waals surface area (Å²) in [4.78, 5) is 0. The van der Waals surface area contributed by atoms with Crippen LogP contribution in [-0.2, 0) is 17.8 Å². The first-order valence-electron chi connectivity index (χ1n) is 6.63. The smallest absolute Gasteiger partial charge is 0.129 e. The van der Waals surface area contributed by atoms with Gasteiger partial charge in [0.1, 0.15) is 3.70 Å². The van der Waals surface area contributed by atoms with E-state index in [0.717, 1.165) is 16.7 Å². The quantitative estimate of drug-likeness (QED) is 0.729. The number of ether oxygens (including phenoxy) is 1. The van der Waals surface area contributed by atoms with E-state index in [0.29, 0.717) is 12.1 Å². The lowest BCUT2D eigenvalue weighted by molar-refractivity contribution is 0.0382. The summed E-state index contributed by atoms with van der Waals surface area (Å²) in [5.41, 5.74) is 2.79. The molecule has 3 rings (SSSR count). The third-order valence-corrected chi connectivity index (χ3v) is 4.85. The zero-order valence-electron chi connectivity index (χ0n) is 10.3. The molecule has 2 aliphatic rings. The summed E-state index contributed by atoms with van der Waals surface area (Å²) in [5.74, 6) is 0. The fourth-order valence-electron chi connectivity index (χ4n) is 3.02. The van der Waals surface area contributed by atoms with E-state index in [-0.39, 0.29) is 0 Å². The van der Waals surface area contributed by atoms with Crippen molar-refractivity contribution in [3.63, 3.8) is 0 Å². The number of rotatable bonds is 1. The number of halogens is 1. The van der Waals surface area contributed by atoms with Crippen molar-refractivity contribution in [3.05, 3.63) is 15.0 Å². The molecule has 2 heterocycles. The standard InChI is InChI=1S/C13H19IN2O/c1-9-7-12-11(8-17-9)13(14)15-16(12)10-5-3-2-4-6-10/h9-10H,2-8H2,1H3/t9-/m1/s1. The average Bonchev–Trinajstić information content (AvgIpc) is 2.67. The highest BCUT2D eigenvalue weighted by molar-refractivity contribution is 14.1. The molecule has 0 spiro atoms. The molecule has 17 heavy (non-hydrogen) atoms. The van der Waals surface area contributed by atoms with E-state index in [2.05, 4.69) is 34.2 Å². The second-order valence-corrected chi connectivity index (χ2v) is 6.30. The number of hydrogen-bond acceptors (Lipinski definition) is 2. The van der Waals surface area contributed by atoms with Crippen LogP contribution in [0.5, 0.6) is 0 Å². The van der Waals surface area contributed by atoms with Crippen LogP contribution in [0.25, 0.3) is 0 Å². The summed E-state index contributed by atoms with van der Waals surface area (Å²) in [6.45, 7) is 2.91. The molecule has 1 fully saturated rings. The highest BCUT2D eigenvalue weighted by atomic mass is 127. The Hall–Kier alpha value is -0.100. The molecule has 1 aromatic heterocycles. The fraction of sp³-hybridized carbons (Fsp3) is 0.769. The van der Waals surface area contributed by atoms with Gasteiger partial charge in [-0.1, -0.05) is 19.3 Å². The van der Waals surface area contributed by atoms with Crippen LogP contribution in [0.2, 0.25) is 0 Å². The molecule has 3 nitrogen and oxygen atoms in total. The number of fused-ring (bicyclic) bond motifs is 1. The average molecular weight is 346 g/mol. The lowest BCUT2D eigenvalue weighted by Crippen LogP contribution is -2.24. The molecule has 1 atom stereocenters. The normalized spacial score (nSPS) is 25.9. The van der Waals surface area contributed by atoms with Crippen molar-refractivity contribution in [1.82, 2.24) is 9.78 Å². The highest BCUT2D eigenvalue weighted by Crippen LogP contribution is 2.33. The summed E-state index contributed by atoms with van der Waals surface area (Å²) < 4.78 is 9.20. The van der Waals surface area contributed by atoms with Crippen molar-refractivity contribution in [1.29, 1.82) is 0 Å². The van der Waals surface area contributed by atoms with Crippen LogP contribution < -0.4 is 0 Å². The van der Waals surface area contributed by atoms with Gasteiger partial charge in [0.15, 0.2) is 0 Å². The summed E-state index contributed by atoms with van der Waals surface area (Å²) in [6, 6.07) is 0.645. The van der Waals surface area contributed by atoms with Gasteiger partial charge in [-0.15, -0.1) is 0 Å². The Labute approximate surface area is 116 Å². The van der Waals surface area contributed by atoms with Gasteiger partial charge in [-0.3, -0.25) is 4.68 Å². The van der Waals surface area contributed by atoms with Crippen LogP contribution in [-0.4, -0.2) is 15.9 Å². The zero-order chi connectivity index (χ0) is 11.8. The Morgan fingerprint density at radius 1 is 1.29 bits per heavy atom. The van der Waals surface area contributed by atoms with Gasteiger partial charge >= 0.3 is 0 Å². The SMILES string of the molecule is C[C@@H]1Cc2c(c(I)nn2C2CCCCC2)CO1. The van der Waals surface area contributed by atoms with Crippen molar-refractivity contribution in [2.45, 2.75) is 64.2 Å². The Morgan fingerprint density at radius 3 is 2.82 bits per heavy atom. The van der Waals surface area contributed by atoms with Crippen molar-refractivity contribution >= 4 is 22.6 Å². The molecule has 4 heteroatoms. The minimum atomic E-state index is 0.345. The van der Waals surface area contributed by atoms with Gasteiger partial charge in [0, 0.05) is 17.7 Å². The minimum absolute atomic E-state index is 0.345. The monoisotopic (exact) mass is 346 g/mol. The summed E-state index contributed by atoms with van der Waals surface area (Å²) >= 11 is 2.36. The molecular formula is C13H19IN2O. The molecule has 0 saturated heterocycles. The first-order chi connectivity index (χ1) is 8.25. The summed E-state index contributed by atoms with van der Waals surface area (Å²) in [6.07, 6.45) is 8.11. The maximum Gasteiger partial charge on any atom is 0.129 e. The molecule has 94 valence electrons. The van der Waals surface area contributed by atoms with Crippen molar-refractivity contribution in [3.8, 4) is 0 Å². The van der Waals surface area contributed by atoms with E-state index in [1.807, 2.05) is 0 Å². The van der Waals surface area contributed by atoms with E-state index in [1.54, 1.807) is 0 Å². The second-order valence-electron chi connectivity index (χ2n) is 5.28. The topological polar surface area (TPSA) is 27.1 Å². The molecule has 0 amide bonds. The maximum atomic E-state index is 5.73. The van der Waals surface area contributed by atoms with Crippen LogP contribution in [0.1, 0.15) is 56.3 Å². The second kappa shape index (κ2) is 4.88. The van der Waals surface area contributed by atoms with E-state index < -0.39 is 0 Å². The van der Waals surface area contributed by atoms with E-state index in [4.69, 9.17) is 9.84 Å². The van der Waals surface area contributed by atoms with Gasteiger partial charge in [0.25, 0.3) is 0 Å². The molecule has 0 N–H and O–H groups in total. The van der Waals surface area contributed by atoms with Crippen LogP contribution in [0.4, 0.5) is 0 Å². The van der Waals surface area contributed by atoms with Gasteiger partial charge in [0.05, 0.1) is 18.8 Å². The van der Waals surface area contributed by atoms with E-state index >= 15 is 0 Å². The molecule has 1 aliphatic heterocycles. The molecule has 0 aromatic carbocycles. The first kappa shape index (κ1) is 12.0. The Balaban J connectivity index is 1.93. The molecule has 0 radical (unpaired) electrons. The van der Waals surface area contributed by atoms with Gasteiger partial charge < -0.3 is 4.74 Å². The Kier molecular flexibility index (Phi) is 3.43. The molecule has 1 aromatic rings. The zero-order valence-corrected chi connectivity index (χ0v) is 12.4. The summed E-state index contributed by atoms with van der Waals surface area (Å²) in [5, 5.41) is 4.77. The number of aromatic nitrogens is 2. The van der Waals surface area contributed by atoms with Crippen LogP contribution in [0.15, 0.2) is 0 Å².